The van der Waals surface area contributed by atoms with E-state index in [4.69, 9.17) is 0 Å². The van der Waals surface area contributed by atoms with Crippen LogP contribution >= 0.6 is 0 Å². The molecular weight excluding hydrogens is 253 g/mol. The molecule has 0 bridgehead atoms. The lowest BCUT2D eigenvalue weighted by atomic mass is 10.2. The van der Waals surface area contributed by atoms with Crippen molar-refractivity contribution in [2.75, 3.05) is 5.32 Å². The van der Waals surface area contributed by atoms with Gasteiger partial charge >= 0.3 is 0 Å². The summed E-state index contributed by atoms with van der Waals surface area (Å²) in [6.07, 6.45) is 6.74. The van der Waals surface area contributed by atoms with Gasteiger partial charge in [0.15, 0.2) is 0 Å². The molecule has 1 N–H and O–H groups in total. The van der Waals surface area contributed by atoms with Gasteiger partial charge in [0.1, 0.15) is 5.82 Å². The molecule has 4 heteroatoms. The molecule has 3 rings (SSSR count). The monoisotopic (exact) mass is 273 g/mol. The Morgan fingerprint density at radius 3 is 2.75 bits per heavy atom. The van der Waals surface area contributed by atoms with E-state index in [-0.39, 0.29) is 5.82 Å². The van der Waals surface area contributed by atoms with Gasteiger partial charge in [0, 0.05) is 12.2 Å². The van der Waals surface area contributed by atoms with Gasteiger partial charge < -0.3 is 5.32 Å². The van der Waals surface area contributed by atoms with Crippen molar-refractivity contribution in [3.05, 3.63) is 41.5 Å². The fourth-order valence-electron chi connectivity index (χ4n) is 2.84. The number of anilines is 1. The standard InChI is InChI=1S/C16H20FN3/c1-11-7-8-14(17)15(9-11)20-10-12(2)18-16(20)19-13-5-3-4-6-13/h7-10,13H,3-6H2,1-2H3,(H,18,19). The molecule has 0 amide bonds. The average molecular weight is 273 g/mol. The van der Waals surface area contributed by atoms with E-state index in [1.807, 2.05) is 30.7 Å². The maximum absolute atomic E-state index is 14.1. The number of benzene rings is 1. The minimum atomic E-state index is -0.220. The van der Waals surface area contributed by atoms with Crippen LogP contribution in [0.4, 0.5) is 10.3 Å². The van der Waals surface area contributed by atoms with Gasteiger partial charge in [-0.25, -0.2) is 9.37 Å². The van der Waals surface area contributed by atoms with Crippen molar-refractivity contribution in [3.8, 4) is 5.69 Å². The third-order valence-electron chi connectivity index (χ3n) is 3.88. The maximum Gasteiger partial charge on any atom is 0.208 e. The fourth-order valence-corrected chi connectivity index (χ4v) is 2.84. The highest BCUT2D eigenvalue weighted by atomic mass is 19.1. The Bertz CT molecular complexity index is 612. The van der Waals surface area contributed by atoms with Crippen molar-refractivity contribution in [3.63, 3.8) is 0 Å². The van der Waals surface area contributed by atoms with Crippen LogP contribution in [0.1, 0.15) is 36.9 Å². The summed E-state index contributed by atoms with van der Waals surface area (Å²) in [5, 5.41) is 3.46. The molecule has 1 aromatic carbocycles. The number of hydrogen-bond acceptors (Lipinski definition) is 2. The topological polar surface area (TPSA) is 29.9 Å². The number of halogens is 1. The Balaban J connectivity index is 1.97. The summed E-state index contributed by atoms with van der Waals surface area (Å²) in [7, 11) is 0. The first-order chi connectivity index (χ1) is 9.63. The molecule has 0 saturated heterocycles. The zero-order chi connectivity index (χ0) is 14.1. The lowest BCUT2D eigenvalue weighted by Gasteiger charge is -2.15. The number of aromatic nitrogens is 2. The van der Waals surface area contributed by atoms with Crippen LogP contribution in [0.25, 0.3) is 5.69 Å². The molecule has 1 saturated carbocycles. The summed E-state index contributed by atoms with van der Waals surface area (Å²) in [5.41, 5.74) is 2.50. The Morgan fingerprint density at radius 1 is 1.25 bits per heavy atom. The van der Waals surface area contributed by atoms with Crippen LogP contribution in [0.15, 0.2) is 24.4 Å². The van der Waals surface area contributed by atoms with Crippen molar-refractivity contribution < 1.29 is 4.39 Å². The molecule has 20 heavy (non-hydrogen) atoms. The van der Waals surface area contributed by atoms with Gasteiger partial charge in [0.2, 0.25) is 5.95 Å². The van der Waals surface area contributed by atoms with Crippen molar-refractivity contribution in [1.29, 1.82) is 0 Å². The largest absolute Gasteiger partial charge is 0.353 e. The second kappa shape index (κ2) is 5.27. The van der Waals surface area contributed by atoms with Gasteiger partial charge in [-0.1, -0.05) is 18.9 Å². The van der Waals surface area contributed by atoms with Crippen LogP contribution in [-0.4, -0.2) is 15.6 Å². The molecule has 0 atom stereocenters. The lowest BCUT2D eigenvalue weighted by molar-refractivity contribution is 0.617. The molecule has 3 nitrogen and oxygen atoms in total. The molecule has 0 spiro atoms. The normalized spacial score (nSPS) is 15.8. The molecule has 1 fully saturated rings. The highest BCUT2D eigenvalue weighted by Gasteiger charge is 2.18. The number of aryl methyl sites for hydroxylation is 2. The number of rotatable bonds is 3. The van der Waals surface area contributed by atoms with Gasteiger partial charge in [-0.2, -0.15) is 0 Å². The number of nitrogens with zero attached hydrogens (tertiary/aromatic N) is 2. The van der Waals surface area contributed by atoms with Crippen LogP contribution in [-0.2, 0) is 0 Å². The van der Waals surface area contributed by atoms with E-state index < -0.39 is 0 Å². The summed E-state index contributed by atoms with van der Waals surface area (Å²) >= 11 is 0. The molecule has 0 unspecified atom stereocenters. The molecule has 1 aliphatic carbocycles. The van der Waals surface area contributed by atoms with Crippen molar-refractivity contribution in [2.24, 2.45) is 0 Å². The summed E-state index contributed by atoms with van der Waals surface area (Å²) in [6, 6.07) is 5.62. The summed E-state index contributed by atoms with van der Waals surface area (Å²) in [6.45, 7) is 3.90. The smallest absolute Gasteiger partial charge is 0.208 e. The second-order valence-corrected chi connectivity index (χ2v) is 5.66. The summed E-state index contributed by atoms with van der Waals surface area (Å²) in [5.74, 6) is 0.529. The van der Waals surface area contributed by atoms with Crippen LogP contribution in [0.3, 0.4) is 0 Å². The van der Waals surface area contributed by atoms with E-state index in [0.717, 1.165) is 17.2 Å². The number of hydrogen-bond donors (Lipinski definition) is 1. The molecule has 0 radical (unpaired) electrons. The molecule has 1 heterocycles. The molecule has 1 aromatic heterocycles. The molecule has 2 aromatic rings. The highest BCUT2D eigenvalue weighted by molar-refractivity contribution is 5.46. The molecule has 1 aliphatic rings. The van der Waals surface area contributed by atoms with Crippen molar-refractivity contribution in [1.82, 2.24) is 9.55 Å². The quantitative estimate of drug-likeness (QED) is 0.916. The first-order valence-electron chi connectivity index (χ1n) is 7.22. The van der Waals surface area contributed by atoms with Crippen LogP contribution < -0.4 is 5.32 Å². The number of imidazole rings is 1. The molecule has 0 aliphatic heterocycles. The van der Waals surface area contributed by atoms with Crippen molar-refractivity contribution >= 4 is 5.95 Å². The van der Waals surface area contributed by atoms with Gasteiger partial charge in [-0.05, 0) is 44.4 Å². The van der Waals surface area contributed by atoms with E-state index in [1.54, 1.807) is 6.07 Å². The average Bonchev–Trinajstić information content (AvgIpc) is 3.03. The Morgan fingerprint density at radius 2 is 2.00 bits per heavy atom. The van der Waals surface area contributed by atoms with Crippen molar-refractivity contribution in [2.45, 2.75) is 45.6 Å². The van der Waals surface area contributed by atoms with Crippen LogP contribution in [0.2, 0.25) is 0 Å². The van der Waals surface area contributed by atoms with Gasteiger partial charge in [0.05, 0.1) is 11.4 Å². The van der Waals surface area contributed by atoms with E-state index in [0.29, 0.717) is 11.7 Å². The minimum absolute atomic E-state index is 0.220. The van der Waals surface area contributed by atoms with E-state index in [9.17, 15) is 4.39 Å². The van der Waals surface area contributed by atoms with E-state index in [2.05, 4.69) is 10.3 Å². The van der Waals surface area contributed by atoms with Gasteiger partial charge in [0.25, 0.3) is 0 Å². The summed E-state index contributed by atoms with van der Waals surface area (Å²) in [4.78, 5) is 4.51. The Hall–Kier alpha value is -1.84. The Kier molecular flexibility index (Phi) is 3.47. The molecule has 106 valence electrons. The predicted molar refractivity (Wildman–Crippen MR) is 78.9 cm³/mol. The van der Waals surface area contributed by atoms with Crippen LogP contribution in [0, 0.1) is 19.7 Å². The minimum Gasteiger partial charge on any atom is -0.353 e. The van der Waals surface area contributed by atoms with E-state index in [1.165, 1.54) is 31.7 Å². The SMILES string of the molecule is Cc1ccc(F)c(-n2cc(C)nc2NC2CCCC2)c1. The zero-order valence-electron chi connectivity index (χ0n) is 12.0. The van der Waals surface area contributed by atoms with Crippen LogP contribution in [0.5, 0.6) is 0 Å². The highest BCUT2D eigenvalue weighted by Crippen LogP contribution is 2.25. The lowest BCUT2D eigenvalue weighted by Crippen LogP contribution is -2.18. The van der Waals surface area contributed by atoms with Gasteiger partial charge in [-0.15, -0.1) is 0 Å². The maximum atomic E-state index is 14.1. The summed E-state index contributed by atoms with van der Waals surface area (Å²) < 4.78 is 15.9. The predicted octanol–water partition coefficient (Wildman–Crippen LogP) is 3.98. The third kappa shape index (κ3) is 2.55. The van der Waals surface area contributed by atoms with E-state index >= 15 is 0 Å². The number of nitrogens with one attached hydrogen (secondary N) is 1. The zero-order valence-corrected chi connectivity index (χ0v) is 12.0. The Labute approximate surface area is 118 Å². The van der Waals surface area contributed by atoms with Gasteiger partial charge in [-0.3, -0.25) is 4.57 Å². The third-order valence-corrected chi connectivity index (χ3v) is 3.88. The molecular formula is C16H20FN3. The second-order valence-electron chi connectivity index (χ2n) is 5.66. The first kappa shape index (κ1) is 13.2. The first-order valence-corrected chi connectivity index (χ1v) is 7.22. The fraction of sp³-hybridized carbons (Fsp3) is 0.438.